The molecule has 0 atom stereocenters. The first-order chi connectivity index (χ1) is 61.7. The SMILES string of the molecule is O=C(O)CCCCCCCCCCCCCCOc1cc2c3cc(OCCCCCCCCCCCCCCC(=O)O)c(OCCCCCCCCCCCCCCC(=O)O)cc3c3cc(OCCCCCCCCCCCCCCC(=O)O)c(OCCCCCCCCCCCCCCC(=O)O)cc3c2cc1OCCCCCCCCCCCCCCC(=O)O. The molecule has 0 aliphatic rings. The van der Waals surface area contributed by atoms with Crippen molar-refractivity contribution in [1.29, 1.82) is 0 Å². The summed E-state index contributed by atoms with van der Waals surface area (Å²) in [7, 11) is 0. The van der Waals surface area contributed by atoms with E-state index in [9.17, 15) is 28.8 Å². The topological polar surface area (TPSA) is 279 Å². The standard InChI is InChI=1S/C108H180O18/c109-103(110)73-61-49-37-25-13-1-7-19-31-43-55-67-79-121-97-85-91-92(86-98(97)122-80-68-56-44-32-20-8-2-14-26-38-50-62-74-104(111)112)94-88-100(124-82-70-58-46-34-22-10-4-16-28-40-52-64-76-106(115)116)102(126-84-72-60-48-36-24-12-6-18-30-42-54-66-78-108(119)120)90-96(94)95-89-101(125-83-71-59-47-35-23-11-5-17-29-41-53-65-77-107(117)118)99(87-93(91)95)123-81-69-57-45-33-21-9-3-15-27-39-51-63-75-105(113)114/h85-90H,1-84H2,(H,109,110)(H,111,112)(H,113,114)(H,115,116)(H,117,118)(H,119,120). The summed E-state index contributed by atoms with van der Waals surface area (Å²) in [4.78, 5) is 65.8. The van der Waals surface area contributed by atoms with E-state index in [2.05, 4.69) is 36.4 Å². The van der Waals surface area contributed by atoms with Crippen molar-refractivity contribution in [1.82, 2.24) is 0 Å². The fourth-order valence-electron chi connectivity index (χ4n) is 17.7. The number of carboxylic acid groups (broad SMARTS) is 6. The molecule has 0 bridgehead atoms. The van der Waals surface area contributed by atoms with Gasteiger partial charge in [0.25, 0.3) is 0 Å². The van der Waals surface area contributed by atoms with Gasteiger partial charge in [-0.3, -0.25) is 28.8 Å². The smallest absolute Gasteiger partial charge is 0.303 e. The van der Waals surface area contributed by atoms with E-state index in [1.165, 1.54) is 231 Å². The van der Waals surface area contributed by atoms with E-state index in [0.29, 0.717) is 39.6 Å². The second-order valence-corrected chi connectivity index (χ2v) is 36.9. The summed E-state index contributed by atoms with van der Waals surface area (Å²) < 4.78 is 42.1. The normalized spacial score (nSPS) is 11.5. The van der Waals surface area contributed by atoms with E-state index in [-0.39, 0.29) is 38.5 Å². The summed E-state index contributed by atoms with van der Waals surface area (Å²) in [5.74, 6) is 0.273. The second-order valence-electron chi connectivity index (χ2n) is 36.9. The van der Waals surface area contributed by atoms with E-state index in [0.717, 1.165) is 298 Å². The highest BCUT2D eigenvalue weighted by molar-refractivity contribution is 6.27. The van der Waals surface area contributed by atoms with Crippen LogP contribution in [0.5, 0.6) is 34.5 Å². The van der Waals surface area contributed by atoms with Gasteiger partial charge in [0.1, 0.15) is 0 Å². The molecule has 0 unspecified atom stereocenters. The van der Waals surface area contributed by atoms with E-state index in [1.807, 2.05) is 0 Å². The molecule has 18 nitrogen and oxygen atoms in total. The van der Waals surface area contributed by atoms with Gasteiger partial charge >= 0.3 is 35.8 Å². The number of fused-ring (bicyclic) bond motifs is 6. The quantitative estimate of drug-likeness (QED) is 0.0177. The third-order valence-electron chi connectivity index (χ3n) is 25.4. The summed E-state index contributed by atoms with van der Waals surface area (Å²) in [6.45, 7) is 3.42. The van der Waals surface area contributed by atoms with Gasteiger partial charge in [-0.05, 0) is 146 Å². The molecular weight excluding hydrogens is 1590 g/mol. The number of rotatable bonds is 96. The first kappa shape index (κ1) is 112. The largest absolute Gasteiger partial charge is 0.490 e. The van der Waals surface area contributed by atoms with Gasteiger partial charge in [0.15, 0.2) is 34.5 Å². The molecule has 0 aromatic heterocycles. The van der Waals surface area contributed by atoms with Gasteiger partial charge in [-0.15, -0.1) is 0 Å². The molecule has 0 saturated carbocycles. The summed E-state index contributed by atoms with van der Waals surface area (Å²) >= 11 is 0. The number of unbranched alkanes of at least 4 members (excludes halogenated alkanes) is 66. The van der Waals surface area contributed by atoms with Gasteiger partial charge in [-0.2, -0.15) is 0 Å². The van der Waals surface area contributed by atoms with Crippen LogP contribution in [0.3, 0.4) is 0 Å². The predicted octanol–water partition coefficient (Wildman–Crippen LogP) is 32.4. The minimum Gasteiger partial charge on any atom is -0.490 e. The zero-order valence-electron chi connectivity index (χ0n) is 79.4. The molecule has 18 heteroatoms. The molecule has 6 N–H and O–H groups in total. The Morgan fingerprint density at radius 3 is 0.302 bits per heavy atom. The average molecular weight is 1770 g/mol. The Kier molecular flexibility index (Phi) is 70.2. The van der Waals surface area contributed by atoms with Gasteiger partial charge in [-0.25, -0.2) is 0 Å². The average Bonchev–Trinajstić information content (AvgIpc) is 0.725. The lowest BCUT2D eigenvalue weighted by Crippen LogP contribution is -2.05. The lowest BCUT2D eigenvalue weighted by Gasteiger charge is -2.21. The van der Waals surface area contributed by atoms with Crippen LogP contribution in [0.1, 0.15) is 501 Å². The Labute approximate surface area is 763 Å². The zero-order chi connectivity index (χ0) is 90.3. The van der Waals surface area contributed by atoms with Crippen molar-refractivity contribution in [3.8, 4) is 34.5 Å². The number of hydrogen-bond acceptors (Lipinski definition) is 12. The summed E-state index contributed by atoms with van der Waals surface area (Å²) in [5.41, 5.74) is 0. The van der Waals surface area contributed by atoms with Crippen LogP contribution < -0.4 is 28.4 Å². The lowest BCUT2D eigenvalue weighted by molar-refractivity contribution is -0.138. The highest BCUT2D eigenvalue weighted by atomic mass is 16.5. The molecule has 4 aromatic rings. The van der Waals surface area contributed by atoms with Crippen LogP contribution in [-0.2, 0) is 28.8 Å². The third kappa shape index (κ3) is 61.0. The molecule has 0 fully saturated rings. The van der Waals surface area contributed by atoms with E-state index < -0.39 is 35.8 Å². The predicted molar refractivity (Wildman–Crippen MR) is 518 cm³/mol. The van der Waals surface area contributed by atoms with Gasteiger partial charge < -0.3 is 59.1 Å². The first-order valence-corrected chi connectivity index (χ1v) is 52.4. The Morgan fingerprint density at radius 1 is 0.135 bits per heavy atom. The summed E-state index contributed by atoms with van der Waals surface area (Å²) in [6.07, 6.45) is 81.5. The number of carbonyl (C=O) groups is 6. The summed E-state index contributed by atoms with van der Waals surface area (Å²) in [5, 5.41) is 60.4. The molecule has 0 spiro atoms. The monoisotopic (exact) mass is 1770 g/mol. The fourth-order valence-corrected chi connectivity index (χ4v) is 17.7. The van der Waals surface area contributed by atoms with Crippen LogP contribution in [0.2, 0.25) is 0 Å². The zero-order valence-corrected chi connectivity index (χ0v) is 79.4. The molecule has 4 rings (SSSR count). The van der Waals surface area contributed by atoms with Crippen LogP contribution in [0.15, 0.2) is 36.4 Å². The maximum absolute atomic E-state index is 11.0. The summed E-state index contributed by atoms with van der Waals surface area (Å²) in [6, 6.07) is 13.5. The number of aliphatic carboxylic acids is 6. The number of benzene rings is 4. The van der Waals surface area contributed by atoms with Gasteiger partial charge in [0.2, 0.25) is 0 Å². The molecule has 0 saturated heterocycles. The van der Waals surface area contributed by atoms with Crippen LogP contribution in [0, 0.1) is 0 Å². The third-order valence-corrected chi connectivity index (χ3v) is 25.4. The maximum Gasteiger partial charge on any atom is 0.303 e. The number of carboxylic acids is 6. The van der Waals surface area contributed by atoms with Gasteiger partial charge in [0, 0.05) is 38.5 Å². The highest BCUT2D eigenvalue weighted by Crippen LogP contribution is 2.48. The van der Waals surface area contributed by atoms with Crippen molar-refractivity contribution in [3.63, 3.8) is 0 Å². The molecule has 0 heterocycles. The Morgan fingerprint density at radius 2 is 0.214 bits per heavy atom. The second kappa shape index (κ2) is 79.2. The van der Waals surface area contributed by atoms with Gasteiger partial charge in [-0.1, -0.05) is 385 Å². The molecule has 4 aromatic carbocycles. The molecule has 0 amide bonds. The van der Waals surface area contributed by atoms with Crippen LogP contribution in [0.4, 0.5) is 0 Å². The van der Waals surface area contributed by atoms with Crippen molar-refractivity contribution >= 4 is 68.1 Å². The Hall–Kier alpha value is -6.72. The number of ether oxygens (including phenoxy) is 6. The van der Waals surface area contributed by atoms with Crippen molar-refractivity contribution in [2.24, 2.45) is 0 Å². The Balaban J connectivity index is 1.72. The van der Waals surface area contributed by atoms with Crippen molar-refractivity contribution in [3.05, 3.63) is 36.4 Å². The molecular formula is C108H180O18. The minimum atomic E-state index is -0.702. The molecule has 0 aliphatic carbocycles. The molecule has 126 heavy (non-hydrogen) atoms. The van der Waals surface area contributed by atoms with Crippen molar-refractivity contribution in [2.75, 3.05) is 39.6 Å². The minimum absolute atomic E-state index is 0.268. The van der Waals surface area contributed by atoms with Crippen LogP contribution in [-0.4, -0.2) is 106 Å². The van der Waals surface area contributed by atoms with E-state index >= 15 is 0 Å². The first-order valence-electron chi connectivity index (χ1n) is 52.4. The van der Waals surface area contributed by atoms with Crippen molar-refractivity contribution < 1.29 is 87.8 Å². The number of hydrogen-bond donors (Lipinski definition) is 6. The van der Waals surface area contributed by atoms with E-state index in [4.69, 9.17) is 59.1 Å². The van der Waals surface area contributed by atoms with Crippen LogP contribution >= 0.6 is 0 Å². The lowest BCUT2D eigenvalue weighted by atomic mass is 9.93. The highest BCUT2D eigenvalue weighted by Gasteiger charge is 2.22. The van der Waals surface area contributed by atoms with E-state index in [1.54, 1.807) is 0 Å². The maximum atomic E-state index is 11.0. The molecule has 720 valence electrons. The van der Waals surface area contributed by atoms with Crippen molar-refractivity contribution in [2.45, 2.75) is 501 Å². The molecule has 0 radical (unpaired) electrons. The molecule has 0 aliphatic heterocycles. The fraction of sp³-hybridized carbons (Fsp3) is 0.778. The Bertz CT molecular complexity index is 2790. The van der Waals surface area contributed by atoms with Gasteiger partial charge in [0.05, 0.1) is 39.6 Å². The van der Waals surface area contributed by atoms with Crippen LogP contribution in [0.25, 0.3) is 32.3 Å².